The van der Waals surface area contributed by atoms with Crippen molar-refractivity contribution >= 4 is 17.4 Å². The second kappa shape index (κ2) is 6.43. The molecule has 2 aromatic heterocycles. The summed E-state index contributed by atoms with van der Waals surface area (Å²) in [5.74, 6) is 1.48. The maximum atomic E-state index is 11.8. The first-order valence-corrected chi connectivity index (χ1v) is 8.29. The Bertz CT molecular complexity index is 934. The van der Waals surface area contributed by atoms with Crippen LogP contribution < -0.4 is 15.4 Å². The molecule has 1 aliphatic heterocycles. The maximum Gasteiger partial charge on any atom is 0.221 e. The molecular formula is C18H19N5O2. The third kappa shape index (κ3) is 3.26. The van der Waals surface area contributed by atoms with Crippen LogP contribution in [-0.4, -0.2) is 40.2 Å². The third-order valence-electron chi connectivity index (χ3n) is 4.08. The van der Waals surface area contributed by atoms with E-state index >= 15 is 0 Å². The fourth-order valence-electron chi connectivity index (χ4n) is 2.91. The van der Waals surface area contributed by atoms with Gasteiger partial charge in [0.05, 0.1) is 12.7 Å². The molecule has 0 saturated heterocycles. The van der Waals surface area contributed by atoms with Crippen molar-refractivity contribution < 1.29 is 9.53 Å². The standard InChI is InChI=1S/C18H19N5O2/c1-12-8-13-10-14(9-12)25-7-5-20-17(24)2-4-19-16-3-6-23-18(22-16)15(13)11-21-23/h3,6,8-11H,2,4-5,7H2,1H3,(H,19,22)(H,20,24). The highest BCUT2D eigenvalue weighted by atomic mass is 16.5. The molecule has 0 aliphatic carbocycles. The van der Waals surface area contributed by atoms with Crippen LogP contribution in [0.3, 0.4) is 0 Å². The van der Waals surface area contributed by atoms with Crippen molar-refractivity contribution in [2.75, 3.05) is 25.0 Å². The van der Waals surface area contributed by atoms with Gasteiger partial charge in [-0.05, 0) is 36.2 Å². The van der Waals surface area contributed by atoms with E-state index in [1.54, 1.807) is 4.52 Å². The number of aromatic nitrogens is 3. The molecule has 0 unspecified atom stereocenters. The second-order valence-electron chi connectivity index (χ2n) is 6.05. The summed E-state index contributed by atoms with van der Waals surface area (Å²) in [5, 5.41) is 10.4. The molecule has 4 bridgehead atoms. The number of hydrogen-bond acceptors (Lipinski definition) is 5. The zero-order valence-electron chi connectivity index (χ0n) is 14.0. The van der Waals surface area contributed by atoms with Crippen molar-refractivity contribution in [2.45, 2.75) is 13.3 Å². The largest absolute Gasteiger partial charge is 0.492 e. The van der Waals surface area contributed by atoms with Crippen molar-refractivity contribution in [1.29, 1.82) is 0 Å². The minimum Gasteiger partial charge on any atom is -0.492 e. The maximum absolute atomic E-state index is 11.8. The minimum absolute atomic E-state index is 0.0120. The number of benzene rings is 1. The molecule has 0 spiro atoms. The van der Waals surface area contributed by atoms with E-state index in [0.29, 0.717) is 26.1 Å². The lowest BCUT2D eigenvalue weighted by molar-refractivity contribution is -0.120. The Morgan fingerprint density at radius 2 is 2.12 bits per heavy atom. The molecule has 4 rings (SSSR count). The highest BCUT2D eigenvalue weighted by molar-refractivity contribution is 5.79. The molecule has 0 fully saturated rings. The van der Waals surface area contributed by atoms with Crippen LogP contribution in [0.4, 0.5) is 5.82 Å². The molecule has 1 aromatic carbocycles. The van der Waals surface area contributed by atoms with Gasteiger partial charge in [0.15, 0.2) is 5.65 Å². The second-order valence-corrected chi connectivity index (χ2v) is 6.05. The summed E-state index contributed by atoms with van der Waals surface area (Å²) in [6, 6.07) is 7.90. The quantitative estimate of drug-likeness (QED) is 0.656. The smallest absolute Gasteiger partial charge is 0.221 e. The van der Waals surface area contributed by atoms with Crippen LogP contribution in [0.15, 0.2) is 36.7 Å². The van der Waals surface area contributed by atoms with E-state index in [-0.39, 0.29) is 5.91 Å². The van der Waals surface area contributed by atoms with Crippen LogP contribution in [0, 0.1) is 6.92 Å². The van der Waals surface area contributed by atoms with E-state index < -0.39 is 0 Å². The highest BCUT2D eigenvalue weighted by Gasteiger charge is 2.12. The summed E-state index contributed by atoms with van der Waals surface area (Å²) in [5.41, 5.74) is 3.81. The van der Waals surface area contributed by atoms with E-state index in [9.17, 15) is 4.79 Å². The monoisotopic (exact) mass is 337 g/mol. The number of fused-ring (bicyclic) bond motifs is 4. The number of rotatable bonds is 0. The Balaban J connectivity index is 1.81. The van der Waals surface area contributed by atoms with Gasteiger partial charge in [-0.25, -0.2) is 9.50 Å². The SMILES string of the molecule is Cc1cc2cc(c1)-c1cnn3ccc(nc13)NCCC(=O)NCCO2. The summed E-state index contributed by atoms with van der Waals surface area (Å²) in [6.45, 7) is 3.45. The van der Waals surface area contributed by atoms with Crippen molar-refractivity contribution in [3.63, 3.8) is 0 Å². The first-order valence-electron chi connectivity index (χ1n) is 8.29. The number of hydrogen-bond donors (Lipinski definition) is 2. The Morgan fingerprint density at radius 1 is 1.20 bits per heavy atom. The number of anilines is 1. The molecule has 0 radical (unpaired) electrons. The molecule has 1 aliphatic rings. The predicted octanol–water partition coefficient (Wildman–Crippen LogP) is 2.02. The molecule has 1 amide bonds. The Morgan fingerprint density at radius 3 is 3.04 bits per heavy atom. The van der Waals surface area contributed by atoms with Crippen LogP contribution in [0.5, 0.6) is 5.75 Å². The summed E-state index contributed by atoms with van der Waals surface area (Å²) < 4.78 is 7.55. The predicted molar refractivity (Wildman–Crippen MR) is 94.8 cm³/mol. The summed E-state index contributed by atoms with van der Waals surface area (Å²) in [6.07, 6.45) is 4.05. The third-order valence-corrected chi connectivity index (χ3v) is 4.08. The van der Waals surface area contributed by atoms with E-state index in [1.165, 1.54) is 0 Å². The van der Waals surface area contributed by atoms with Gasteiger partial charge in [-0.3, -0.25) is 4.79 Å². The average Bonchev–Trinajstić information content (AvgIpc) is 3.01. The number of amides is 1. The molecule has 3 aromatic rings. The lowest BCUT2D eigenvalue weighted by atomic mass is 10.1. The minimum atomic E-state index is -0.0120. The molecule has 7 heteroatoms. The average molecular weight is 337 g/mol. The fourth-order valence-corrected chi connectivity index (χ4v) is 2.91. The van der Waals surface area contributed by atoms with Gasteiger partial charge >= 0.3 is 0 Å². The van der Waals surface area contributed by atoms with Crippen LogP contribution in [0.25, 0.3) is 16.8 Å². The van der Waals surface area contributed by atoms with Gasteiger partial charge in [-0.1, -0.05) is 6.07 Å². The van der Waals surface area contributed by atoms with Gasteiger partial charge < -0.3 is 15.4 Å². The molecular weight excluding hydrogens is 318 g/mol. The molecule has 25 heavy (non-hydrogen) atoms. The lowest BCUT2D eigenvalue weighted by Crippen LogP contribution is -2.29. The van der Waals surface area contributed by atoms with Crippen LogP contribution in [0.2, 0.25) is 0 Å². The summed E-state index contributed by atoms with van der Waals surface area (Å²) >= 11 is 0. The molecule has 128 valence electrons. The van der Waals surface area contributed by atoms with Gasteiger partial charge in [0.2, 0.25) is 5.91 Å². The first-order chi connectivity index (χ1) is 12.2. The van der Waals surface area contributed by atoms with Gasteiger partial charge in [0, 0.05) is 24.7 Å². The van der Waals surface area contributed by atoms with E-state index in [4.69, 9.17) is 4.74 Å². The number of aryl methyl sites for hydroxylation is 1. The molecule has 2 N–H and O–H groups in total. The molecule has 3 heterocycles. The Hall–Kier alpha value is -3.09. The van der Waals surface area contributed by atoms with Gasteiger partial charge in [-0.2, -0.15) is 5.10 Å². The number of nitrogens with one attached hydrogen (secondary N) is 2. The van der Waals surface area contributed by atoms with Crippen LogP contribution in [0.1, 0.15) is 12.0 Å². The Kier molecular flexibility index (Phi) is 3.97. The first kappa shape index (κ1) is 15.4. The van der Waals surface area contributed by atoms with E-state index in [1.807, 2.05) is 37.5 Å². The topological polar surface area (TPSA) is 80.5 Å². The normalized spacial score (nSPS) is 15.0. The molecule has 0 saturated carbocycles. The molecule has 0 atom stereocenters. The van der Waals surface area contributed by atoms with E-state index in [2.05, 4.69) is 26.8 Å². The fraction of sp³-hybridized carbons (Fsp3) is 0.278. The zero-order valence-corrected chi connectivity index (χ0v) is 14.0. The van der Waals surface area contributed by atoms with Crippen molar-refractivity contribution in [2.24, 2.45) is 0 Å². The van der Waals surface area contributed by atoms with Crippen LogP contribution >= 0.6 is 0 Å². The lowest BCUT2D eigenvalue weighted by Gasteiger charge is -2.10. The van der Waals surface area contributed by atoms with Crippen molar-refractivity contribution in [3.8, 4) is 16.9 Å². The van der Waals surface area contributed by atoms with Crippen molar-refractivity contribution in [3.05, 3.63) is 42.2 Å². The van der Waals surface area contributed by atoms with Gasteiger partial charge in [0.1, 0.15) is 18.2 Å². The van der Waals surface area contributed by atoms with Gasteiger partial charge in [-0.15, -0.1) is 0 Å². The number of nitrogens with zero attached hydrogens (tertiary/aromatic N) is 3. The number of ether oxygens (including phenoxy) is 1. The van der Waals surface area contributed by atoms with Crippen molar-refractivity contribution in [1.82, 2.24) is 19.9 Å². The molecule has 7 nitrogen and oxygen atoms in total. The van der Waals surface area contributed by atoms with E-state index in [0.717, 1.165) is 33.9 Å². The highest BCUT2D eigenvalue weighted by Crippen LogP contribution is 2.29. The van der Waals surface area contributed by atoms with Crippen LogP contribution in [-0.2, 0) is 4.79 Å². The Labute approximate surface area is 145 Å². The summed E-state index contributed by atoms with van der Waals surface area (Å²) in [4.78, 5) is 16.5. The number of carbonyl (C=O) groups excluding carboxylic acids is 1. The van der Waals surface area contributed by atoms with Gasteiger partial charge in [0.25, 0.3) is 0 Å². The number of carbonyl (C=O) groups is 1. The zero-order chi connectivity index (χ0) is 17.2. The summed E-state index contributed by atoms with van der Waals surface area (Å²) in [7, 11) is 0.